The molecule has 0 aliphatic heterocycles. The molecular weight excluding hydrogens is 268 g/mol. The van der Waals surface area contributed by atoms with Crippen LogP contribution in [0.15, 0.2) is 24.3 Å². The standard InChI is InChI=1S/C16H22N2O3/c1-11-4-2-6-13(8-11)18-15(19)10-17-9-12-5-3-7-14(12)16(20)21/h2,4,6,8,12,14,17H,3,5,7,9-10H2,1H3,(H,18,19)(H,20,21). The average Bonchev–Trinajstić information content (AvgIpc) is 2.87. The number of carboxylic acids is 1. The van der Waals surface area contributed by atoms with Crippen LogP contribution in [0.25, 0.3) is 0 Å². The van der Waals surface area contributed by atoms with E-state index in [1.54, 1.807) is 0 Å². The number of nitrogens with one attached hydrogen (secondary N) is 2. The molecule has 1 aromatic rings. The number of aryl methyl sites for hydroxylation is 1. The summed E-state index contributed by atoms with van der Waals surface area (Å²) in [6.45, 7) is 2.76. The Labute approximate surface area is 124 Å². The van der Waals surface area contributed by atoms with E-state index in [1.807, 2.05) is 31.2 Å². The topological polar surface area (TPSA) is 78.4 Å². The number of carbonyl (C=O) groups excluding carboxylic acids is 1. The molecular formula is C16H22N2O3. The highest BCUT2D eigenvalue weighted by Gasteiger charge is 2.32. The second-order valence-corrected chi connectivity index (χ2v) is 5.68. The lowest BCUT2D eigenvalue weighted by atomic mass is 9.96. The molecule has 1 aliphatic carbocycles. The summed E-state index contributed by atoms with van der Waals surface area (Å²) in [6.07, 6.45) is 2.62. The molecule has 1 amide bonds. The zero-order valence-electron chi connectivity index (χ0n) is 12.3. The number of aliphatic carboxylic acids is 1. The number of hydrogen-bond donors (Lipinski definition) is 3. The summed E-state index contributed by atoms with van der Waals surface area (Å²) in [4.78, 5) is 22.9. The molecule has 1 fully saturated rings. The molecule has 2 unspecified atom stereocenters. The first-order chi connectivity index (χ1) is 10.1. The Kier molecular flexibility index (Phi) is 5.33. The Bertz CT molecular complexity index is 516. The SMILES string of the molecule is Cc1cccc(NC(=O)CNCC2CCCC2C(=O)O)c1. The number of anilines is 1. The van der Waals surface area contributed by atoms with Crippen LogP contribution >= 0.6 is 0 Å². The Hall–Kier alpha value is -1.88. The summed E-state index contributed by atoms with van der Waals surface area (Å²) in [7, 11) is 0. The molecule has 2 atom stereocenters. The molecule has 0 saturated heterocycles. The van der Waals surface area contributed by atoms with Gasteiger partial charge in [-0.15, -0.1) is 0 Å². The highest BCUT2D eigenvalue weighted by atomic mass is 16.4. The van der Waals surface area contributed by atoms with Crippen molar-refractivity contribution in [1.82, 2.24) is 5.32 Å². The van der Waals surface area contributed by atoms with Gasteiger partial charge in [-0.3, -0.25) is 9.59 Å². The third-order valence-electron chi connectivity index (χ3n) is 3.97. The monoisotopic (exact) mass is 290 g/mol. The minimum absolute atomic E-state index is 0.106. The minimum atomic E-state index is -0.719. The maximum Gasteiger partial charge on any atom is 0.306 e. The average molecular weight is 290 g/mol. The van der Waals surface area contributed by atoms with Crippen molar-refractivity contribution in [2.24, 2.45) is 11.8 Å². The van der Waals surface area contributed by atoms with Crippen LogP contribution in [-0.4, -0.2) is 30.1 Å². The van der Waals surface area contributed by atoms with Crippen LogP contribution in [0.3, 0.4) is 0 Å². The van der Waals surface area contributed by atoms with E-state index in [0.29, 0.717) is 6.54 Å². The van der Waals surface area contributed by atoms with E-state index in [-0.39, 0.29) is 24.3 Å². The van der Waals surface area contributed by atoms with Crippen molar-refractivity contribution < 1.29 is 14.7 Å². The fourth-order valence-electron chi connectivity index (χ4n) is 2.91. The second kappa shape index (κ2) is 7.22. The van der Waals surface area contributed by atoms with Gasteiger partial charge < -0.3 is 15.7 Å². The molecule has 1 saturated carbocycles. The van der Waals surface area contributed by atoms with Gasteiger partial charge in [0.1, 0.15) is 0 Å². The third kappa shape index (κ3) is 4.56. The number of hydrogen-bond acceptors (Lipinski definition) is 3. The zero-order chi connectivity index (χ0) is 15.2. The normalized spacial score (nSPS) is 21.2. The number of benzene rings is 1. The van der Waals surface area contributed by atoms with Gasteiger partial charge in [-0.1, -0.05) is 18.6 Å². The maximum atomic E-state index is 11.8. The molecule has 114 valence electrons. The van der Waals surface area contributed by atoms with Crippen molar-refractivity contribution >= 4 is 17.6 Å². The van der Waals surface area contributed by atoms with Gasteiger partial charge >= 0.3 is 5.97 Å². The van der Waals surface area contributed by atoms with Gasteiger partial charge in [0.05, 0.1) is 12.5 Å². The lowest BCUT2D eigenvalue weighted by molar-refractivity contribution is -0.142. The molecule has 0 bridgehead atoms. The van der Waals surface area contributed by atoms with Gasteiger partial charge in [-0.25, -0.2) is 0 Å². The highest BCUT2D eigenvalue weighted by molar-refractivity contribution is 5.92. The molecule has 0 spiro atoms. The first-order valence-corrected chi connectivity index (χ1v) is 7.36. The van der Waals surface area contributed by atoms with Crippen LogP contribution in [0.2, 0.25) is 0 Å². The zero-order valence-corrected chi connectivity index (χ0v) is 12.3. The van der Waals surface area contributed by atoms with Gasteiger partial charge in [0.25, 0.3) is 0 Å². The van der Waals surface area contributed by atoms with Crippen LogP contribution in [0.4, 0.5) is 5.69 Å². The molecule has 2 rings (SSSR count). The molecule has 5 heteroatoms. The molecule has 1 aliphatic rings. The smallest absolute Gasteiger partial charge is 0.306 e. The molecule has 0 radical (unpaired) electrons. The predicted octanol–water partition coefficient (Wildman–Crippen LogP) is 2.02. The molecule has 0 heterocycles. The summed E-state index contributed by atoms with van der Waals surface area (Å²) < 4.78 is 0. The molecule has 5 nitrogen and oxygen atoms in total. The summed E-state index contributed by atoms with van der Waals surface area (Å²) in [5.41, 5.74) is 1.88. The summed E-state index contributed by atoms with van der Waals surface area (Å²) in [5.74, 6) is -0.958. The lowest BCUT2D eigenvalue weighted by Crippen LogP contribution is -2.34. The van der Waals surface area contributed by atoms with Crippen LogP contribution in [-0.2, 0) is 9.59 Å². The van der Waals surface area contributed by atoms with E-state index in [0.717, 1.165) is 30.5 Å². The van der Waals surface area contributed by atoms with Crippen LogP contribution in [0, 0.1) is 18.8 Å². The van der Waals surface area contributed by atoms with E-state index >= 15 is 0 Å². The highest BCUT2D eigenvalue weighted by Crippen LogP contribution is 2.31. The number of amides is 1. The van der Waals surface area contributed by atoms with Crippen molar-refractivity contribution in [2.45, 2.75) is 26.2 Å². The maximum absolute atomic E-state index is 11.8. The first kappa shape index (κ1) is 15.5. The van der Waals surface area contributed by atoms with E-state index in [2.05, 4.69) is 10.6 Å². The fourth-order valence-corrected chi connectivity index (χ4v) is 2.91. The Morgan fingerprint density at radius 1 is 1.33 bits per heavy atom. The molecule has 0 aromatic heterocycles. The lowest BCUT2D eigenvalue weighted by Gasteiger charge is -2.16. The predicted molar refractivity (Wildman–Crippen MR) is 81.1 cm³/mol. The van der Waals surface area contributed by atoms with Crippen molar-refractivity contribution in [3.05, 3.63) is 29.8 Å². The van der Waals surface area contributed by atoms with Gasteiger partial charge in [-0.05, 0) is 49.9 Å². The van der Waals surface area contributed by atoms with Crippen LogP contribution in [0.5, 0.6) is 0 Å². The quantitative estimate of drug-likeness (QED) is 0.749. The van der Waals surface area contributed by atoms with E-state index in [9.17, 15) is 9.59 Å². The number of carbonyl (C=O) groups is 2. The van der Waals surface area contributed by atoms with Gasteiger partial charge in [-0.2, -0.15) is 0 Å². The Morgan fingerprint density at radius 3 is 2.86 bits per heavy atom. The first-order valence-electron chi connectivity index (χ1n) is 7.36. The third-order valence-corrected chi connectivity index (χ3v) is 3.97. The second-order valence-electron chi connectivity index (χ2n) is 5.68. The molecule has 3 N–H and O–H groups in total. The summed E-state index contributed by atoms with van der Waals surface area (Å²) in [5, 5.41) is 15.0. The largest absolute Gasteiger partial charge is 0.481 e. The van der Waals surface area contributed by atoms with Gasteiger partial charge in [0.2, 0.25) is 5.91 Å². The van der Waals surface area contributed by atoms with Crippen molar-refractivity contribution in [2.75, 3.05) is 18.4 Å². The minimum Gasteiger partial charge on any atom is -0.481 e. The van der Waals surface area contributed by atoms with Crippen LogP contribution < -0.4 is 10.6 Å². The summed E-state index contributed by atoms with van der Waals surface area (Å²) in [6, 6.07) is 7.63. The van der Waals surface area contributed by atoms with Crippen molar-refractivity contribution in [3.63, 3.8) is 0 Å². The van der Waals surface area contributed by atoms with E-state index < -0.39 is 5.97 Å². The molecule has 21 heavy (non-hydrogen) atoms. The number of rotatable bonds is 6. The van der Waals surface area contributed by atoms with Gasteiger partial charge in [0.15, 0.2) is 0 Å². The Balaban J connectivity index is 1.73. The summed E-state index contributed by atoms with van der Waals surface area (Å²) >= 11 is 0. The molecule has 1 aromatic carbocycles. The van der Waals surface area contributed by atoms with Gasteiger partial charge in [0, 0.05) is 5.69 Å². The van der Waals surface area contributed by atoms with Crippen molar-refractivity contribution in [3.8, 4) is 0 Å². The van der Waals surface area contributed by atoms with E-state index in [1.165, 1.54) is 0 Å². The Morgan fingerprint density at radius 2 is 2.14 bits per heavy atom. The fraction of sp³-hybridized carbons (Fsp3) is 0.500. The van der Waals surface area contributed by atoms with E-state index in [4.69, 9.17) is 5.11 Å². The van der Waals surface area contributed by atoms with Crippen molar-refractivity contribution in [1.29, 1.82) is 0 Å². The van der Waals surface area contributed by atoms with Crippen LogP contribution in [0.1, 0.15) is 24.8 Å². The number of carboxylic acid groups (broad SMARTS) is 1.